The van der Waals surface area contributed by atoms with E-state index in [1.807, 2.05) is 6.92 Å². The van der Waals surface area contributed by atoms with E-state index in [9.17, 15) is 9.18 Å². The van der Waals surface area contributed by atoms with E-state index < -0.39 is 5.82 Å². The van der Waals surface area contributed by atoms with Crippen molar-refractivity contribution < 1.29 is 9.18 Å². The van der Waals surface area contributed by atoms with Gasteiger partial charge in [0.1, 0.15) is 0 Å². The fourth-order valence-electron chi connectivity index (χ4n) is 2.30. The van der Waals surface area contributed by atoms with Crippen molar-refractivity contribution in [1.29, 1.82) is 0 Å². The maximum absolute atomic E-state index is 13.8. The highest BCUT2D eigenvalue weighted by atomic mass is 35.5. The molecule has 1 aliphatic rings. The number of amides is 1. The van der Waals surface area contributed by atoms with Crippen LogP contribution in [-0.4, -0.2) is 36.5 Å². The number of benzene rings is 1. The number of nitrogens with zero attached hydrogens (tertiary/aromatic N) is 1. The Balaban J connectivity index is 2.25. The lowest BCUT2D eigenvalue weighted by molar-refractivity contribution is 0.0699. The molecule has 1 aromatic rings. The highest BCUT2D eigenvalue weighted by molar-refractivity contribution is 6.31. The Morgan fingerprint density at radius 3 is 3.00 bits per heavy atom. The molecule has 1 fully saturated rings. The zero-order valence-electron chi connectivity index (χ0n) is 10.2. The number of nitrogens with one attached hydrogen (secondary N) is 1. The van der Waals surface area contributed by atoms with Crippen LogP contribution in [0, 0.1) is 5.82 Å². The van der Waals surface area contributed by atoms with Crippen molar-refractivity contribution in [1.82, 2.24) is 10.2 Å². The third kappa shape index (κ3) is 2.49. The number of carbonyl (C=O) groups excluding carboxylic acids is 1. The zero-order chi connectivity index (χ0) is 13.1. The Morgan fingerprint density at radius 1 is 1.61 bits per heavy atom. The maximum atomic E-state index is 13.8. The summed E-state index contributed by atoms with van der Waals surface area (Å²) in [7, 11) is 0. The average Bonchev–Trinajstić information content (AvgIpc) is 2.87. The molecule has 1 heterocycles. The number of hydrogen-bond acceptors (Lipinski definition) is 2. The van der Waals surface area contributed by atoms with Crippen molar-refractivity contribution in [2.24, 2.45) is 0 Å². The van der Waals surface area contributed by atoms with E-state index >= 15 is 0 Å². The molecule has 1 unspecified atom stereocenters. The molecule has 1 aliphatic heterocycles. The summed E-state index contributed by atoms with van der Waals surface area (Å²) >= 11 is 5.71. The third-order valence-electron chi connectivity index (χ3n) is 3.26. The van der Waals surface area contributed by atoms with Crippen LogP contribution in [0.1, 0.15) is 23.7 Å². The summed E-state index contributed by atoms with van der Waals surface area (Å²) in [4.78, 5) is 14.0. The van der Waals surface area contributed by atoms with E-state index in [-0.39, 0.29) is 22.5 Å². The van der Waals surface area contributed by atoms with Crippen molar-refractivity contribution >= 4 is 17.5 Å². The van der Waals surface area contributed by atoms with Crippen LogP contribution in [0.15, 0.2) is 18.2 Å². The Labute approximate surface area is 111 Å². The highest BCUT2D eigenvalue weighted by Crippen LogP contribution is 2.21. The highest BCUT2D eigenvalue weighted by Gasteiger charge is 2.27. The molecule has 1 amide bonds. The number of carbonyl (C=O) groups is 1. The molecule has 1 N–H and O–H groups in total. The lowest BCUT2D eigenvalue weighted by Crippen LogP contribution is -2.41. The van der Waals surface area contributed by atoms with Crippen LogP contribution < -0.4 is 5.32 Å². The van der Waals surface area contributed by atoms with Gasteiger partial charge in [0.15, 0.2) is 5.82 Å². The van der Waals surface area contributed by atoms with Gasteiger partial charge in [0.2, 0.25) is 0 Å². The van der Waals surface area contributed by atoms with Crippen LogP contribution in [0.3, 0.4) is 0 Å². The summed E-state index contributed by atoms with van der Waals surface area (Å²) in [6.07, 6.45) is 0.905. The summed E-state index contributed by atoms with van der Waals surface area (Å²) in [6, 6.07) is 4.66. The Hall–Kier alpha value is -1.13. The number of likely N-dealkylation sites (N-methyl/N-ethyl adjacent to an activating group) is 1. The van der Waals surface area contributed by atoms with Crippen LogP contribution in [0.25, 0.3) is 0 Å². The molecule has 0 aromatic heterocycles. The predicted octanol–water partition coefficient (Wildman–Crippen LogP) is 2.30. The average molecular weight is 271 g/mol. The second kappa shape index (κ2) is 5.67. The number of hydrogen-bond donors (Lipinski definition) is 1. The molecule has 0 spiro atoms. The third-order valence-corrected chi connectivity index (χ3v) is 3.55. The van der Waals surface area contributed by atoms with Gasteiger partial charge in [0.05, 0.1) is 10.6 Å². The van der Waals surface area contributed by atoms with Crippen molar-refractivity contribution in [3.63, 3.8) is 0 Å². The van der Waals surface area contributed by atoms with Gasteiger partial charge in [-0.05, 0) is 32.0 Å². The van der Waals surface area contributed by atoms with E-state index in [1.54, 1.807) is 11.0 Å². The first-order valence-corrected chi connectivity index (χ1v) is 6.48. The van der Waals surface area contributed by atoms with Gasteiger partial charge in [-0.1, -0.05) is 17.7 Å². The van der Waals surface area contributed by atoms with E-state index in [2.05, 4.69) is 5.32 Å². The van der Waals surface area contributed by atoms with E-state index in [0.717, 1.165) is 19.5 Å². The molecule has 0 bridgehead atoms. The molecule has 0 aliphatic carbocycles. The van der Waals surface area contributed by atoms with Gasteiger partial charge in [-0.15, -0.1) is 0 Å². The molecule has 3 nitrogen and oxygen atoms in total. The fraction of sp³-hybridized carbons (Fsp3) is 0.462. The van der Waals surface area contributed by atoms with Crippen LogP contribution in [0.4, 0.5) is 4.39 Å². The predicted molar refractivity (Wildman–Crippen MR) is 69.4 cm³/mol. The molecule has 2 rings (SSSR count). The van der Waals surface area contributed by atoms with Gasteiger partial charge in [-0.3, -0.25) is 4.79 Å². The molecule has 1 aromatic carbocycles. The Morgan fingerprint density at radius 2 is 2.39 bits per heavy atom. The van der Waals surface area contributed by atoms with Crippen molar-refractivity contribution in [2.75, 3.05) is 19.6 Å². The van der Waals surface area contributed by atoms with Crippen molar-refractivity contribution in [3.8, 4) is 0 Å². The van der Waals surface area contributed by atoms with E-state index in [4.69, 9.17) is 11.6 Å². The number of halogens is 2. The summed E-state index contributed by atoms with van der Waals surface area (Å²) in [6.45, 7) is 4.13. The topological polar surface area (TPSA) is 32.3 Å². The van der Waals surface area contributed by atoms with Crippen LogP contribution in [0.2, 0.25) is 5.02 Å². The molecule has 1 atom stereocenters. The summed E-state index contributed by atoms with van der Waals surface area (Å²) in [5.74, 6) is -0.917. The first-order valence-electron chi connectivity index (χ1n) is 6.10. The van der Waals surface area contributed by atoms with E-state index in [1.165, 1.54) is 12.1 Å². The smallest absolute Gasteiger partial charge is 0.257 e. The lowest BCUT2D eigenvalue weighted by Gasteiger charge is -2.27. The quantitative estimate of drug-likeness (QED) is 0.914. The minimum atomic E-state index is -0.631. The van der Waals surface area contributed by atoms with Gasteiger partial charge in [0.25, 0.3) is 5.91 Å². The molecule has 18 heavy (non-hydrogen) atoms. The number of rotatable bonds is 3. The molecule has 0 radical (unpaired) electrons. The molecule has 0 saturated carbocycles. The molecular weight excluding hydrogens is 255 g/mol. The maximum Gasteiger partial charge on any atom is 0.257 e. The molecule has 5 heteroatoms. The summed E-state index contributed by atoms with van der Waals surface area (Å²) < 4.78 is 13.8. The van der Waals surface area contributed by atoms with Crippen LogP contribution in [-0.2, 0) is 0 Å². The van der Waals surface area contributed by atoms with Gasteiger partial charge >= 0.3 is 0 Å². The second-order valence-corrected chi connectivity index (χ2v) is 4.75. The lowest BCUT2D eigenvalue weighted by atomic mass is 10.1. The first-order chi connectivity index (χ1) is 8.65. The minimum absolute atomic E-state index is 0.0125. The van der Waals surface area contributed by atoms with Gasteiger partial charge in [-0.2, -0.15) is 0 Å². The monoisotopic (exact) mass is 270 g/mol. The first kappa shape index (κ1) is 13.3. The minimum Gasteiger partial charge on any atom is -0.335 e. The van der Waals surface area contributed by atoms with Gasteiger partial charge in [0, 0.05) is 19.1 Å². The van der Waals surface area contributed by atoms with Crippen molar-refractivity contribution in [2.45, 2.75) is 19.4 Å². The van der Waals surface area contributed by atoms with Gasteiger partial charge < -0.3 is 10.2 Å². The summed E-state index contributed by atoms with van der Waals surface area (Å²) in [5, 5.41) is 3.19. The SMILES string of the molecule is CCN(C(=O)c1cccc(Cl)c1F)C1CCNC1. The van der Waals surface area contributed by atoms with E-state index in [0.29, 0.717) is 6.54 Å². The Bertz CT molecular complexity index is 447. The Kier molecular flexibility index (Phi) is 4.19. The zero-order valence-corrected chi connectivity index (χ0v) is 11.0. The summed E-state index contributed by atoms with van der Waals surface area (Å²) in [5.41, 5.74) is 0.0521. The molecule has 1 saturated heterocycles. The van der Waals surface area contributed by atoms with Crippen molar-refractivity contribution in [3.05, 3.63) is 34.6 Å². The van der Waals surface area contributed by atoms with Crippen LogP contribution >= 0.6 is 11.6 Å². The normalized spacial score (nSPS) is 18.9. The molecule has 98 valence electrons. The fourth-order valence-corrected chi connectivity index (χ4v) is 2.47. The largest absolute Gasteiger partial charge is 0.335 e. The molecular formula is C13H16ClFN2O. The van der Waals surface area contributed by atoms with Crippen LogP contribution in [0.5, 0.6) is 0 Å². The standard InChI is InChI=1S/C13H16ClFN2O/c1-2-17(9-6-7-16-8-9)13(18)10-4-3-5-11(14)12(10)15/h3-5,9,16H,2,6-8H2,1H3. The second-order valence-electron chi connectivity index (χ2n) is 4.34. The van der Waals surface area contributed by atoms with Gasteiger partial charge in [-0.25, -0.2) is 4.39 Å².